The highest BCUT2D eigenvalue weighted by Gasteiger charge is 2.08. The van der Waals surface area contributed by atoms with Crippen molar-refractivity contribution in [2.45, 2.75) is 6.54 Å². The molecule has 0 aliphatic heterocycles. The summed E-state index contributed by atoms with van der Waals surface area (Å²) in [5.41, 5.74) is 2.00. The van der Waals surface area contributed by atoms with Gasteiger partial charge < -0.3 is 10.1 Å². The number of ether oxygens (including phenoxy) is 1. The third-order valence-electron chi connectivity index (χ3n) is 2.86. The largest absolute Gasteiger partial charge is 0.495 e. The fourth-order valence-electron chi connectivity index (χ4n) is 1.85. The lowest BCUT2D eigenvalue weighted by Gasteiger charge is -2.12. The van der Waals surface area contributed by atoms with Crippen LogP contribution in [0.5, 0.6) is 5.75 Å². The summed E-state index contributed by atoms with van der Waals surface area (Å²) in [5.74, 6) is 0.545. The minimum atomic E-state index is 0.446. The molecule has 2 aromatic carbocycles. The number of nitrogens with one attached hydrogen (secondary N) is 1. The van der Waals surface area contributed by atoms with Gasteiger partial charge in [0.05, 0.1) is 28.4 Å². The summed E-state index contributed by atoms with van der Waals surface area (Å²) in [6.45, 7) is 0.472. The van der Waals surface area contributed by atoms with Gasteiger partial charge in [0.2, 0.25) is 0 Å². The topological polar surface area (TPSA) is 45.0 Å². The molecule has 21 heavy (non-hydrogen) atoms. The summed E-state index contributed by atoms with van der Waals surface area (Å²) >= 11 is 18.1. The lowest BCUT2D eigenvalue weighted by molar-refractivity contribution is 0.413. The highest BCUT2D eigenvalue weighted by atomic mass is 35.5. The number of benzene rings is 2. The van der Waals surface area contributed by atoms with E-state index in [4.69, 9.17) is 44.8 Å². The summed E-state index contributed by atoms with van der Waals surface area (Å²) in [5, 5.41) is 13.6. The predicted octanol–water partition coefficient (Wildman–Crippen LogP) is 5.14. The molecule has 108 valence electrons. The second-order valence-electron chi connectivity index (χ2n) is 4.24. The summed E-state index contributed by atoms with van der Waals surface area (Å²) in [7, 11) is 1.53. The molecule has 0 aliphatic rings. The first kappa shape index (κ1) is 15.8. The molecule has 0 aromatic heterocycles. The molecule has 0 saturated heterocycles. The van der Waals surface area contributed by atoms with Crippen LogP contribution < -0.4 is 10.1 Å². The Balaban J connectivity index is 2.19. The van der Waals surface area contributed by atoms with Crippen molar-refractivity contribution in [1.29, 1.82) is 5.26 Å². The molecule has 3 nitrogen and oxygen atoms in total. The fourth-order valence-corrected chi connectivity index (χ4v) is 2.80. The van der Waals surface area contributed by atoms with E-state index in [0.717, 1.165) is 5.56 Å². The van der Waals surface area contributed by atoms with E-state index >= 15 is 0 Å². The lowest BCUT2D eigenvalue weighted by Crippen LogP contribution is -2.01. The van der Waals surface area contributed by atoms with Gasteiger partial charge >= 0.3 is 0 Å². The van der Waals surface area contributed by atoms with Gasteiger partial charge in [-0.1, -0.05) is 40.9 Å². The number of hydrogen-bond acceptors (Lipinski definition) is 3. The molecule has 1 N–H and O–H groups in total. The number of nitrogens with zero attached hydrogens (tertiary/aromatic N) is 1. The predicted molar refractivity (Wildman–Crippen MR) is 86.5 cm³/mol. The zero-order valence-electron chi connectivity index (χ0n) is 11.1. The summed E-state index contributed by atoms with van der Waals surface area (Å²) in [6, 6.07) is 10.7. The Morgan fingerprint density at radius 1 is 1.14 bits per heavy atom. The van der Waals surface area contributed by atoms with Gasteiger partial charge in [-0.15, -0.1) is 0 Å². The summed E-state index contributed by atoms with van der Waals surface area (Å²) in [6.07, 6.45) is 0. The van der Waals surface area contributed by atoms with Crippen molar-refractivity contribution in [2.75, 3.05) is 12.4 Å². The van der Waals surface area contributed by atoms with E-state index in [1.165, 1.54) is 7.11 Å². The first-order chi connectivity index (χ1) is 10.0. The monoisotopic (exact) mass is 340 g/mol. The standard InChI is InChI=1S/C15H11Cl3N2O/c1-21-14-3-2-9(4-10(14)7-19)8-20-15-12(17)5-11(16)6-13(15)18/h2-6,20H,8H2,1H3. The van der Waals surface area contributed by atoms with Crippen LogP contribution in [0.4, 0.5) is 5.69 Å². The van der Waals surface area contributed by atoms with Gasteiger partial charge in [0, 0.05) is 11.6 Å². The van der Waals surface area contributed by atoms with Crippen molar-refractivity contribution in [1.82, 2.24) is 0 Å². The van der Waals surface area contributed by atoms with E-state index in [0.29, 0.717) is 38.6 Å². The van der Waals surface area contributed by atoms with Crippen LogP contribution in [0, 0.1) is 11.3 Å². The molecule has 0 spiro atoms. The molecule has 0 atom stereocenters. The number of methoxy groups -OCH3 is 1. The number of hydrogen-bond donors (Lipinski definition) is 1. The Morgan fingerprint density at radius 3 is 2.38 bits per heavy atom. The maximum atomic E-state index is 9.07. The molecule has 0 aliphatic carbocycles. The molecule has 2 rings (SSSR count). The number of anilines is 1. The molecule has 0 radical (unpaired) electrons. The minimum Gasteiger partial charge on any atom is -0.495 e. The quantitative estimate of drug-likeness (QED) is 0.837. The van der Waals surface area contributed by atoms with Crippen molar-refractivity contribution in [3.05, 3.63) is 56.5 Å². The molecule has 0 fully saturated rings. The Kier molecular flexibility index (Phi) is 5.19. The lowest BCUT2D eigenvalue weighted by atomic mass is 10.1. The zero-order valence-corrected chi connectivity index (χ0v) is 13.4. The van der Waals surface area contributed by atoms with Gasteiger partial charge in [0.25, 0.3) is 0 Å². The molecular weight excluding hydrogens is 331 g/mol. The molecule has 0 saturated carbocycles. The van der Waals surface area contributed by atoms with Crippen LogP contribution in [0.1, 0.15) is 11.1 Å². The van der Waals surface area contributed by atoms with E-state index in [-0.39, 0.29) is 0 Å². The second-order valence-corrected chi connectivity index (χ2v) is 5.50. The van der Waals surface area contributed by atoms with Crippen LogP contribution >= 0.6 is 34.8 Å². The summed E-state index contributed by atoms with van der Waals surface area (Å²) < 4.78 is 5.11. The van der Waals surface area contributed by atoms with Crippen LogP contribution in [0.2, 0.25) is 15.1 Å². The highest BCUT2D eigenvalue weighted by molar-refractivity contribution is 6.41. The van der Waals surface area contributed by atoms with Crippen molar-refractivity contribution in [3.8, 4) is 11.8 Å². The second kappa shape index (κ2) is 6.91. The first-order valence-corrected chi connectivity index (χ1v) is 7.14. The molecule has 0 amide bonds. The van der Waals surface area contributed by atoms with Gasteiger partial charge in [-0.05, 0) is 29.8 Å². The number of halogens is 3. The third kappa shape index (κ3) is 3.74. The number of rotatable bonds is 4. The molecule has 0 heterocycles. The Morgan fingerprint density at radius 2 is 1.81 bits per heavy atom. The zero-order chi connectivity index (χ0) is 15.4. The first-order valence-electron chi connectivity index (χ1n) is 6.00. The Hall–Kier alpha value is -1.60. The maximum absolute atomic E-state index is 9.07. The van der Waals surface area contributed by atoms with Crippen LogP contribution in [0.3, 0.4) is 0 Å². The Bertz CT molecular complexity index is 688. The van der Waals surface area contributed by atoms with E-state index in [1.807, 2.05) is 6.07 Å². The van der Waals surface area contributed by atoms with Crippen molar-refractivity contribution >= 4 is 40.5 Å². The van der Waals surface area contributed by atoms with E-state index in [2.05, 4.69) is 11.4 Å². The molecule has 0 unspecified atom stereocenters. The fraction of sp³-hybridized carbons (Fsp3) is 0.133. The molecule has 0 bridgehead atoms. The average Bonchev–Trinajstić information content (AvgIpc) is 2.45. The van der Waals surface area contributed by atoms with Gasteiger partial charge in [-0.3, -0.25) is 0 Å². The molecule has 2 aromatic rings. The summed E-state index contributed by atoms with van der Waals surface area (Å²) in [4.78, 5) is 0. The van der Waals surface area contributed by atoms with E-state index < -0.39 is 0 Å². The SMILES string of the molecule is COc1ccc(CNc2c(Cl)cc(Cl)cc2Cl)cc1C#N. The maximum Gasteiger partial charge on any atom is 0.136 e. The van der Waals surface area contributed by atoms with Gasteiger partial charge in [0.15, 0.2) is 0 Å². The Labute approximate surface area is 138 Å². The van der Waals surface area contributed by atoms with Gasteiger partial charge in [-0.25, -0.2) is 0 Å². The van der Waals surface area contributed by atoms with Crippen LogP contribution in [0.25, 0.3) is 0 Å². The highest BCUT2D eigenvalue weighted by Crippen LogP contribution is 2.34. The third-order valence-corrected chi connectivity index (χ3v) is 3.67. The van der Waals surface area contributed by atoms with Crippen LogP contribution in [-0.4, -0.2) is 7.11 Å². The van der Waals surface area contributed by atoms with Crippen molar-refractivity contribution in [2.24, 2.45) is 0 Å². The van der Waals surface area contributed by atoms with Gasteiger partial charge in [-0.2, -0.15) is 5.26 Å². The minimum absolute atomic E-state index is 0.446. The van der Waals surface area contributed by atoms with E-state index in [9.17, 15) is 0 Å². The molecule has 6 heteroatoms. The van der Waals surface area contributed by atoms with Crippen molar-refractivity contribution in [3.63, 3.8) is 0 Å². The smallest absolute Gasteiger partial charge is 0.136 e. The van der Waals surface area contributed by atoms with Gasteiger partial charge in [0.1, 0.15) is 11.8 Å². The van der Waals surface area contributed by atoms with Crippen molar-refractivity contribution < 1.29 is 4.74 Å². The van der Waals surface area contributed by atoms with Crippen LogP contribution in [-0.2, 0) is 6.54 Å². The van der Waals surface area contributed by atoms with Crippen LogP contribution in [0.15, 0.2) is 30.3 Å². The average molecular weight is 342 g/mol. The van der Waals surface area contributed by atoms with E-state index in [1.54, 1.807) is 24.3 Å². The number of nitriles is 1. The normalized spacial score (nSPS) is 10.0. The molecular formula is C15H11Cl3N2O.